The topological polar surface area (TPSA) is 66.4 Å². The smallest absolute Gasteiger partial charge is 0.336 e. The van der Waals surface area contributed by atoms with Crippen LogP contribution in [0.3, 0.4) is 0 Å². The van der Waals surface area contributed by atoms with Crippen molar-refractivity contribution in [3.63, 3.8) is 0 Å². The summed E-state index contributed by atoms with van der Waals surface area (Å²) in [6, 6.07) is 9.09. The summed E-state index contributed by atoms with van der Waals surface area (Å²) < 4.78 is 13.9. The van der Waals surface area contributed by atoms with Crippen molar-refractivity contribution in [3.05, 3.63) is 64.5 Å². The lowest BCUT2D eigenvalue weighted by Gasteiger charge is -2.11. The second kappa shape index (κ2) is 5.75. The van der Waals surface area contributed by atoms with Gasteiger partial charge in [-0.05, 0) is 43.2 Å². The molecule has 0 aromatic heterocycles. The van der Waals surface area contributed by atoms with Crippen molar-refractivity contribution in [1.82, 2.24) is 0 Å². The van der Waals surface area contributed by atoms with Crippen LogP contribution in [0.15, 0.2) is 36.4 Å². The molecule has 0 heterocycles. The van der Waals surface area contributed by atoms with Crippen LogP contribution < -0.4 is 5.32 Å². The second-order valence-corrected chi connectivity index (χ2v) is 4.67. The first kappa shape index (κ1) is 14.7. The molecule has 2 N–H and O–H groups in total. The number of nitrogens with one attached hydrogen (secondary N) is 1. The fourth-order valence-corrected chi connectivity index (χ4v) is 2.02. The molecule has 108 valence electrons. The highest BCUT2D eigenvalue weighted by molar-refractivity contribution is 6.05. The number of aryl methyl sites for hydroxylation is 1. The summed E-state index contributed by atoms with van der Waals surface area (Å²) in [5.41, 5.74) is 1.17. The molecule has 0 aliphatic carbocycles. The van der Waals surface area contributed by atoms with Crippen molar-refractivity contribution in [2.24, 2.45) is 0 Å². The van der Waals surface area contributed by atoms with E-state index in [4.69, 9.17) is 5.11 Å². The number of carbonyl (C=O) groups excluding carboxylic acids is 1. The Bertz CT molecular complexity index is 725. The number of hydrogen-bond donors (Lipinski definition) is 2. The van der Waals surface area contributed by atoms with Crippen LogP contribution in [-0.2, 0) is 0 Å². The highest BCUT2D eigenvalue weighted by Crippen LogP contribution is 2.21. The maximum absolute atomic E-state index is 13.9. The summed E-state index contributed by atoms with van der Waals surface area (Å²) in [5.74, 6) is -2.27. The summed E-state index contributed by atoms with van der Waals surface area (Å²) in [5, 5.41) is 11.6. The molecular formula is C16H14FNO3. The van der Waals surface area contributed by atoms with Crippen LogP contribution in [-0.4, -0.2) is 17.0 Å². The molecule has 0 saturated heterocycles. The number of anilines is 1. The zero-order valence-corrected chi connectivity index (χ0v) is 11.6. The Morgan fingerprint density at radius 3 is 2.33 bits per heavy atom. The van der Waals surface area contributed by atoms with Gasteiger partial charge in [0.25, 0.3) is 5.91 Å². The van der Waals surface area contributed by atoms with Gasteiger partial charge in [0.15, 0.2) is 0 Å². The number of aromatic carboxylic acids is 1. The van der Waals surface area contributed by atoms with Crippen molar-refractivity contribution in [2.45, 2.75) is 13.8 Å². The molecule has 2 rings (SSSR count). The number of hydrogen-bond acceptors (Lipinski definition) is 2. The van der Waals surface area contributed by atoms with E-state index in [1.165, 1.54) is 18.2 Å². The maximum atomic E-state index is 13.9. The lowest BCUT2D eigenvalue weighted by Crippen LogP contribution is -2.16. The molecule has 0 aliphatic rings. The van der Waals surface area contributed by atoms with Gasteiger partial charge < -0.3 is 10.4 Å². The monoisotopic (exact) mass is 287 g/mol. The summed E-state index contributed by atoms with van der Waals surface area (Å²) >= 11 is 0. The number of halogens is 1. The van der Waals surface area contributed by atoms with E-state index in [1.54, 1.807) is 32.0 Å². The maximum Gasteiger partial charge on any atom is 0.336 e. The van der Waals surface area contributed by atoms with Gasteiger partial charge in [0.2, 0.25) is 0 Å². The minimum Gasteiger partial charge on any atom is -0.478 e. The van der Waals surface area contributed by atoms with Gasteiger partial charge in [0, 0.05) is 5.69 Å². The van der Waals surface area contributed by atoms with Crippen molar-refractivity contribution in [2.75, 3.05) is 5.32 Å². The molecule has 2 aromatic rings. The summed E-state index contributed by atoms with van der Waals surface area (Å²) in [6.07, 6.45) is 0. The standard InChI is InChI=1S/C16H14FNO3/c1-9-5-3-7-12(14(9)17)15(19)18-13-8-4-6-11(10(13)2)16(20)21/h3-8H,1-2H3,(H,18,19)(H,20,21). The van der Waals surface area contributed by atoms with E-state index in [1.807, 2.05) is 0 Å². The van der Waals surface area contributed by atoms with E-state index < -0.39 is 17.7 Å². The van der Waals surface area contributed by atoms with Crippen LogP contribution in [0.2, 0.25) is 0 Å². The van der Waals surface area contributed by atoms with Gasteiger partial charge in [-0.2, -0.15) is 0 Å². The molecule has 0 fully saturated rings. The molecule has 21 heavy (non-hydrogen) atoms. The number of carboxylic acids is 1. The minimum absolute atomic E-state index is 0.0740. The van der Waals surface area contributed by atoms with E-state index in [-0.39, 0.29) is 11.1 Å². The predicted octanol–water partition coefficient (Wildman–Crippen LogP) is 3.39. The van der Waals surface area contributed by atoms with E-state index in [0.29, 0.717) is 16.8 Å². The highest BCUT2D eigenvalue weighted by Gasteiger charge is 2.16. The van der Waals surface area contributed by atoms with Crippen molar-refractivity contribution < 1.29 is 19.1 Å². The molecule has 1 amide bonds. The Hall–Kier alpha value is -2.69. The molecule has 0 aliphatic heterocycles. The van der Waals surface area contributed by atoms with E-state index in [2.05, 4.69) is 5.32 Å². The Morgan fingerprint density at radius 1 is 1.05 bits per heavy atom. The third kappa shape index (κ3) is 2.91. The first-order valence-corrected chi connectivity index (χ1v) is 6.31. The van der Waals surface area contributed by atoms with Crippen molar-refractivity contribution in [3.8, 4) is 0 Å². The van der Waals surface area contributed by atoms with Crippen LogP contribution in [0.1, 0.15) is 31.8 Å². The fourth-order valence-electron chi connectivity index (χ4n) is 2.02. The van der Waals surface area contributed by atoms with Gasteiger partial charge in [-0.15, -0.1) is 0 Å². The Kier molecular flexibility index (Phi) is 4.03. The quantitative estimate of drug-likeness (QED) is 0.909. The third-order valence-electron chi connectivity index (χ3n) is 3.25. The summed E-state index contributed by atoms with van der Waals surface area (Å²) in [7, 11) is 0. The molecule has 0 radical (unpaired) electrons. The molecular weight excluding hydrogens is 273 g/mol. The lowest BCUT2D eigenvalue weighted by atomic mass is 10.1. The largest absolute Gasteiger partial charge is 0.478 e. The zero-order chi connectivity index (χ0) is 15.6. The lowest BCUT2D eigenvalue weighted by molar-refractivity contribution is 0.0695. The Balaban J connectivity index is 2.34. The summed E-state index contributed by atoms with van der Waals surface area (Å²) in [4.78, 5) is 23.2. The number of carboxylic acid groups (broad SMARTS) is 1. The van der Waals surface area contributed by atoms with Crippen LogP contribution >= 0.6 is 0 Å². The van der Waals surface area contributed by atoms with E-state index >= 15 is 0 Å². The number of carbonyl (C=O) groups is 2. The predicted molar refractivity (Wildman–Crippen MR) is 77.2 cm³/mol. The average molecular weight is 287 g/mol. The van der Waals surface area contributed by atoms with Crippen molar-refractivity contribution >= 4 is 17.6 Å². The molecule has 0 bridgehead atoms. The average Bonchev–Trinajstić information content (AvgIpc) is 2.43. The van der Waals surface area contributed by atoms with Gasteiger partial charge in [-0.1, -0.05) is 18.2 Å². The minimum atomic E-state index is -1.08. The van der Waals surface area contributed by atoms with Crippen LogP contribution in [0.4, 0.5) is 10.1 Å². The van der Waals surface area contributed by atoms with Gasteiger partial charge in [-0.3, -0.25) is 4.79 Å². The van der Waals surface area contributed by atoms with E-state index in [0.717, 1.165) is 0 Å². The van der Waals surface area contributed by atoms with Crippen molar-refractivity contribution in [1.29, 1.82) is 0 Å². The van der Waals surface area contributed by atoms with Gasteiger partial charge in [-0.25, -0.2) is 9.18 Å². The third-order valence-corrected chi connectivity index (χ3v) is 3.25. The van der Waals surface area contributed by atoms with Crippen LogP contribution in [0.5, 0.6) is 0 Å². The number of rotatable bonds is 3. The molecule has 4 nitrogen and oxygen atoms in total. The number of amides is 1. The fraction of sp³-hybridized carbons (Fsp3) is 0.125. The molecule has 0 saturated carbocycles. The van der Waals surface area contributed by atoms with Gasteiger partial charge >= 0.3 is 5.97 Å². The first-order valence-electron chi connectivity index (χ1n) is 6.31. The van der Waals surface area contributed by atoms with Gasteiger partial charge in [0.1, 0.15) is 5.82 Å². The Morgan fingerprint density at radius 2 is 1.67 bits per heavy atom. The van der Waals surface area contributed by atoms with Crippen LogP contribution in [0, 0.1) is 19.7 Å². The number of benzene rings is 2. The highest BCUT2D eigenvalue weighted by atomic mass is 19.1. The van der Waals surface area contributed by atoms with Gasteiger partial charge in [0.05, 0.1) is 11.1 Å². The Labute approximate surface area is 121 Å². The first-order chi connectivity index (χ1) is 9.91. The molecule has 0 spiro atoms. The molecule has 0 unspecified atom stereocenters. The second-order valence-electron chi connectivity index (χ2n) is 4.67. The summed E-state index contributed by atoms with van der Waals surface area (Å²) in [6.45, 7) is 3.16. The van der Waals surface area contributed by atoms with E-state index in [9.17, 15) is 14.0 Å². The SMILES string of the molecule is Cc1cccc(C(=O)Nc2cccc(C(=O)O)c2C)c1F. The zero-order valence-electron chi connectivity index (χ0n) is 11.6. The normalized spacial score (nSPS) is 10.2. The molecule has 5 heteroatoms. The molecule has 2 aromatic carbocycles. The van der Waals surface area contributed by atoms with Crippen LogP contribution in [0.25, 0.3) is 0 Å². The molecule has 0 atom stereocenters.